The van der Waals surface area contributed by atoms with Crippen LogP contribution in [0.2, 0.25) is 0 Å². The van der Waals surface area contributed by atoms with Gasteiger partial charge in [-0.2, -0.15) is 4.72 Å². The predicted molar refractivity (Wildman–Crippen MR) is 94.9 cm³/mol. The van der Waals surface area contributed by atoms with Gasteiger partial charge in [0.1, 0.15) is 6.04 Å². The number of thiazole rings is 1. The van der Waals surface area contributed by atoms with E-state index in [1.807, 2.05) is 6.92 Å². The van der Waals surface area contributed by atoms with Gasteiger partial charge in [-0.1, -0.05) is 32.5 Å². The standard InChI is InChI=1S/C14H19N3O4S3/c1-4-22-14-15-10-6-5-9(7-11(10)23-14)24(20,21)17-12(8(2)3)13(18)16-19/h5-8,12,17,19H,4H2,1-3H3,(H,16,18)/t12-/m1/s1. The maximum atomic E-state index is 12.5. The average Bonchev–Trinajstić information content (AvgIpc) is 2.93. The van der Waals surface area contributed by atoms with E-state index in [1.54, 1.807) is 37.7 Å². The fraction of sp³-hybridized carbons (Fsp3) is 0.429. The number of fused-ring (bicyclic) bond motifs is 1. The molecule has 0 radical (unpaired) electrons. The van der Waals surface area contributed by atoms with Crippen LogP contribution in [-0.4, -0.2) is 36.3 Å². The molecular weight excluding hydrogens is 370 g/mol. The molecule has 0 fully saturated rings. The maximum Gasteiger partial charge on any atom is 0.261 e. The summed E-state index contributed by atoms with van der Waals surface area (Å²) >= 11 is 3.03. The van der Waals surface area contributed by atoms with E-state index in [4.69, 9.17) is 5.21 Å². The number of carbonyl (C=O) groups excluding carboxylic acids is 1. The van der Waals surface area contributed by atoms with Crippen LogP contribution in [-0.2, 0) is 14.8 Å². The van der Waals surface area contributed by atoms with Gasteiger partial charge in [0.15, 0.2) is 4.34 Å². The second kappa shape index (κ2) is 7.79. The quantitative estimate of drug-likeness (QED) is 0.381. The molecule has 1 amide bonds. The van der Waals surface area contributed by atoms with Crippen molar-refractivity contribution in [1.82, 2.24) is 15.2 Å². The minimum Gasteiger partial charge on any atom is -0.289 e. The van der Waals surface area contributed by atoms with Gasteiger partial charge in [0.2, 0.25) is 10.0 Å². The molecule has 0 aliphatic rings. The van der Waals surface area contributed by atoms with E-state index in [0.29, 0.717) is 0 Å². The number of thioether (sulfide) groups is 1. The molecule has 1 aromatic carbocycles. The Kier molecular flexibility index (Phi) is 6.21. The van der Waals surface area contributed by atoms with Crippen LogP contribution >= 0.6 is 23.1 Å². The molecule has 0 unspecified atom stereocenters. The highest BCUT2D eigenvalue weighted by Crippen LogP contribution is 2.30. The highest BCUT2D eigenvalue weighted by atomic mass is 32.2. The Balaban J connectivity index is 2.34. The second-order valence-electron chi connectivity index (χ2n) is 5.36. The molecule has 2 aromatic rings. The molecule has 0 aliphatic heterocycles. The first-order valence-corrected chi connectivity index (χ1v) is 10.6. The van der Waals surface area contributed by atoms with Crippen LogP contribution in [0.1, 0.15) is 20.8 Å². The summed E-state index contributed by atoms with van der Waals surface area (Å²) in [5, 5.41) is 8.77. The first-order chi connectivity index (χ1) is 11.3. The van der Waals surface area contributed by atoms with Gasteiger partial charge in [-0.05, 0) is 29.9 Å². The molecule has 1 atom stereocenters. The normalized spacial score (nSPS) is 13.4. The number of hydroxylamine groups is 1. The summed E-state index contributed by atoms with van der Waals surface area (Å²) in [5.41, 5.74) is 2.23. The van der Waals surface area contributed by atoms with Crippen LogP contribution < -0.4 is 10.2 Å². The molecule has 0 saturated carbocycles. The Bertz CT molecular complexity index is 833. The summed E-state index contributed by atoms with van der Waals surface area (Å²) in [6.07, 6.45) is 0. The minimum atomic E-state index is -3.90. The Morgan fingerprint density at radius 1 is 1.42 bits per heavy atom. The zero-order chi connectivity index (χ0) is 17.9. The van der Waals surface area contributed by atoms with Crippen molar-refractivity contribution in [2.24, 2.45) is 5.92 Å². The van der Waals surface area contributed by atoms with Crippen molar-refractivity contribution < 1.29 is 18.4 Å². The molecule has 1 aromatic heterocycles. The van der Waals surface area contributed by atoms with Crippen LogP contribution in [0.4, 0.5) is 0 Å². The molecule has 2 rings (SSSR count). The smallest absolute Gasteiger partial charge is 0.261 e. The lowest BCUT2D eigenvalue weighted by molar-refractivity contribution is -0.131. The van der Waals surface area contributed by atoms with Gasteiger partial charge in [-0.25, -0.2) is 18.9 Å². The van der Waals surface area contributed by atoms with Gasteiger partial charge in [0.25, 0.3) is 5.91 Å². The maximum absolute atomic E-state index is 12.5. The zero-order valence-electron chi connectivity index (χ0n) is 13.4. The first-order valence-electron chi connectivity index (χ1n) is 7.28. The summed E-state index contributed by atoms with van der Waals surface area (Å²) in [6.45, 7) is 5.39. The van der Waals surface area contributed by atoms with Gasteiger partial charge in [-0.15, -0.1) is 11.3 Å². The Hall–Kier alpha value is -1.20. The summed E-state index contributed by atoms with van der Waals surface area (Å²) in [6, 6.07) is 3.59. The fourth-order valence-corrected chi connectivity index (χ4v) is 5.48. The Labute approximate surface area is 148 Å². The molecule has 3 N–H and O–H groups in total. The van der Waals surface area contributed by atoms with Gasteiger partial charge in [0, 0.05) is 0 Å². The number of hydrogen-bond donors (Lipinski definition) is 3. The molecule has 10 heteroatoms. The number of sulfonamides is 1. The molecule has 7 nitrogen and oxygen atoms in total. The Morgan fingerprint density at radius 3 is 2.71 bits per heavy atom. The van der Waals surface area contributed by atoms with Crippen molar-refractivity contribution in [2.45, 2.75) is 36.0 Å². The lowest BCUT2D eigenvalue weighted by Crippen LogP contribution is -2.48. The van der Waals surface area contributed by atoms with E-state index >= 15 is 0 Å². The van der Waals surface area contributed by atoms with Crippen molar-refractivity contribution in [2.75, 3.05) is 5.75 Å². The van der Waals surface area contributed by atoms with Crippen LogP contribution in [0.3, 0.4) is 0 Å². The Morgan fingerprint density at radius 2 is 2.12 bits per heavy atom. The third-order valence-electron chi connectivity index (χ3n) is 3.26. The SMILES string of the molecule is CCSc1nc2ccc(S(=O)(=O)N[C@@H](C(=O)NO)C(C)C)cc2s1. The van der Waals surface area contributed by atoms with Crippen LogP contribution in [0.25, 0.3) is 10.2 Å². The van der Waals surface area contributed by atoms with Crippen LogP contribution in [0.15, 0.2) is 27.4 Å². The van der Waals surface area contributed by atoms with Crippen molar-refractivity contribution in [3.05, 3.63) is 18.2 Å². The minimum absolute atomic E-state index is 0.0584. The molecule has 0 bridgehead atoms. The number of rotatable bonds is 7. The van der Waals surface area contributed by atoms with Gasteiger partial charge < -0.3 is 0 Å². The number of aromatic nitrogens is 1. The lowest BCUT2D eigenvalue weighted by Gasteiger charge is -2.20. The topological polar surface area (TPSA) is 108 Å². The summed E-state index contributed by atoms with van der Waals surface area (Å²) in [4.78, 5) is 16.1. The van der Waals surface area contributed by atoms with Crippen molar-refractivity contribution in [3.8, 4) is 0 Å². The number of carbonyl (C=O) groups is 1. The highest BCUT2D eigenvalue weighted by Gasteiger charge is 2.28. The van der Waals surface area contributed by atoms with E-state index in [9.17, 15) is 13.2 Å². The number of hydrogen-bond acceptors (Lipinski definition) is 7. The molecule has 0 spiro atoms. The summed E-state index contributed by atoms with van der Waals surface area (Å²) in [5.74, 6) is -0.237. The second-order valence-corrected chi connectivity index (χ2v) is 9.62. The third-order valence-corrected chi connectivity index (χ3v) is 6.74. The molecule has 24 heavy (non-hydrogen) atoms. The molecule has 0 aliphatic carbocycles. The lowest BCUT2D eigenvalue weighted by atomic mass is 10.1. The van der Waals surface area contributed by atoms with Crippen LogP contribution in [0.5, 0.6) is 0 Å². The zero-order valence-corrected chi connectivity index (χ0v) is 15.9. The van der Waals surface area contributed by atoms with Crippen molar-refractivity contribution in [1.29, 1.82) is 0 Å². The molecule has 132 valence electrons. The molecule has 0 saturated heterocycles. The van der Waals surface area contributed by atoms with E-state index < -0.39 is 22.0 Å². The summed E-state index contributed by atoms with van der Waals surface area (Å²) < 4.78 is 29.1. The van der Waals surface area contributed by atoms with Crippen LogP contribution in [0, 0.1) is 5.92 Å². The number of amides is 1. The number of nitrogens with one attached hydrogen (secondary N) is 2. The molecular formula is C14H19N3O4S3. The van der Waals surface area contributed by atoms with Gasteiger partial charge in [0.05, 0.1) is 15.1 Å². The summed E-state index contributed by atoms with van der Waals surface area (Å²) in [7, 11) is -3.90. The van der Waals surface area contributed by atoms with E-state index in [1.165, 1.54) is 22.9 Å². The van der Waals surface area contributed by atoms with Gasteiger partial charge >= 0.3 is 0 Å². The van der Waals surface area contributed by atoms with E-state index in [0.717, 1.165) is 20.3 Å². The van der Waals surface area contributed by atoms with E-state index in [2.05, 4.69) is 9.71 Å². The van der Waals surface area contributed by atoms with Crippen molar-refractivity contribution in [3.63, 3.8) is 0 Å². The molecule has 1 heterocycles. The predicted octanol–water partition coefficient (Wildman–Crippen LogP) is 2.22. The fourth-order valence-electron chi connectivity index (χ4n) is 2.03. The number of benzene rings is 1. The first kappa shape index (κ1) is 19.1. The van der Waals surface area contributed by atoms with Gasteiger partial charge in [-0.3, -0.25) is 10.0 Å². The largest absolute Gasteiger partial charge is 0.289 e. The third kappa shape index (κ3) is 4.25. The van der Waals surface area contributed by atoms with E-state index in [-0.39, 0.29) is 10.8 Å². The monoisotopic (exact) mass is 389 g/mol. The average molecular weight is 390 g/mol. The number of nitrogens with zero attached hydrogens (tertiary/aromatic N) is 1. The van der Waals surface area contributed by atoms with Crippen molar-refractivity contribution >= 4 is 49.2 Å². The highest BCUT2D eigenvalue weighted by molar-refractivity contribution is 8.01.